The third kappa shape index (κ3) is 2.51. The van der Waals surface area contributed by atoms with E-state index in [1.165, 1.54) is 10.8 Å². The highest BCUT2D eigenvalue weighted by Crippen LogP contribution is 2.31. The highest BCUT2D eigenvalue weighted by Gasteiger charge is 2.24. The number of ether oxygens (including phenoxy) is 1. The molecule has 0 radical (unpaired) electrons. The molecule has 1 atom stereocenters. The first kappa shape index (κ1) is 13.3. The molecule has 0 bridgehead atoms. The van der Waals surface area contributed by atoms with Crippen LogP contribution in [0.4, 0.5) is 5.82 Å². The summed E-state index contributed by atoms with van der Waals surface area (Å²) in [4.78, 5) is 6.94. The molecule has 2 heterocycles. The van der Waals surface area contributed by atoms with Crippen LogP contribution in [0.25, 0.3) is 10.8 Å². The number of alkyl halides is 1. The van der Waals surface area contributed by atoms with Crippen LogP contribution in [0.2, 0.25) is 0 Å². The average molecular weight is 386 g/mol. The molecular weight excluding hydrogens is 372 g/mol. The van der Waals surface area contributed by atoms with Crippen molar-refractivity contribution in [2.75, 3.05) is 30.0 Å². The number of aromatic nitrogens is 1. The summed E-state index contributed by atoms with van der Waals surface area (Å²) in [7, 11) is 0. The molecule has 19 heavy (non-hydrogen) atoms. The third-order valence-corrected chi connectivity index (χ3v) is 4.85. The van der Waals surface area contributed by atoms with E-state index in [0.29, 0.717) is 6.04 Å². The van der Waals surface area contributed by atoms with Gasteiger partial charge in [-0.2, -0.15) is 0 Å². The maximum atomic E-state index is 5.55. The summed E-state index contributed by atoms with van der Waals surface area (Å²) in [5.74, 6) is 1.05. The van der Waals surface area contributed by atoms with Crippen LogP contribution in [0.5, 0.6) is 0 Å². The zero-order valence-electron chi connectivity index (χ0n) is 10.4. The van der Waals surface area contributed by atoms with E-state index in [2.05, 4.69) is 59.9 Å². The molecule has 1 unspecified atom stereocenters. The van der Waals surface area contributed by atoms with Gasteiger partial charge in [0.15, 0.2) is 0 Å². The van der Waals surface area contributed by atoms with Gasteiger partial charge < -0.3 is 9.64 Å². The van der Waals surface area contributed by atoms with E-state index < -0.39 is 0 Å². The van der Waals surface area contributed by atoms with Crippen LogP contribution in [-0.2, 0) is 4.74 Å². The average Bonchev–Trinajstić information content (AvgIpc) is 2.47. The molecule has 3 nitrogen and oxygen atoms in total. The highest BCUT2D eigenvalue weighted by molar-refractivity contribution is 9.10. The van der Waals surface area contributed by atoms with Crippen LogP contribution in [0.15, 0.2) is 34.9 Å². The van der Waals surface area contributed by atoms with Crippen LogP contribution in [0.1, 0.15) is 0 Å². The Morgan fingerprint density at radius 1 is 1.32 bits per heavy atom. The molecule has 5 heteroatoms. The van der Waals surface area contributed by atoms with Crippen LogP contribution >= 0.6 is 31.9 Å². The molecule has 1 aromatic carbocycles. The Bertz CT molecular complexity index is 591. The Hall–Kier alpha value is -0.650. The third-order valence-electron chi connectivity index (χ3n) is 3.41. The van der Waals surface area contributed by atoms with E-state index >= 15 is 0 Å². The van der Waals surface area contributed by atoms with Gasteiger partial charge in [-0.1, -0.05) is 44.0 Å². The molecule has 1 aromatic heterocycles. The molecule has 1 aliphatic heterocycles. The van der Waals surface area contributed by atoms with E-state index in [0.717, 1.165) is 35.4 Å². The summed E-state index contributed by atoms with van der Waals surface area (Å²) in [5.41, 5.74) is 0. The second-order valence-electron chi connectivity index (χ2n) is 4.55. The zero-order chi connectivity index (χ0) is 13.2. The van der Waals surface area contributed by atoms with Gasteiger partial charge in [0, 0.05) is 33.3 Å². The molecule has 2 aromatic rings. The van der Waals surface area contributed by atoms with Crippen molar-refractivity contribution in [3.8, 4) is 0 Å². The molecule has 100 valence electrons. The number of fused-ring (bicyclic) bond motifs is 1. The quantitative estimate of drug-likeness (QED) is 0.738. The Morgan fingerprint density at radius 3 is 3.05 bits per heavy atom. The van der Waals surface area contributed by atoms with Gasteiger partial charge in [0.1, 0.15) is 5.82 Å². The van der Waals surface area contributed by atoms with Crippen LogP contribution < -0.4 is 4.90 Å². The number of hydrogen-bond donors (Lipinski definition) is 0. The molecule has 1 saturated heterocycles. The van der Waals surface area contributed by atoms with Gasteiger partial charge in [-0.05, 0) is 12.1 Å². The van der Waals surface area contributed by atoms with Crippen molar-refractivity contribution in [2.24, 2.45) is 0 Å². The predicted octanol–water partition coefficient (Wildman–Crippen LogP) is 3.60. The van der Waals surface area contributed by atoms with E-state index in [-0.39, 0.29) is 0 Å². The first-order valence-corrected chi connectivity index (χ1v) is 8.16. The van der Waals surface area contributed by atoms with E-state index in [9.17, 15) is 0 Å². The predicted molar refractivity (Wildman–Crippen MR) is 85.2 cm³/mol. The van der Waals surface area contributed by atoms with Crippen LogP contribution in [0, 0.1) is 0 Å². The van der Waals surface area contributed by atoms with E-state index in [4.69, 9.17) is 4.74 Å². The molecule has 3 rings (SSSR count). The number of nitrogens with zero attached hydrogens (tertiary/aromatic N) is 2. The monoisotopic (exact) mass is 384 g/mol. The van der Waals surface area contributed by atoms with E-state index in [1.54, 1.807) is 0 Å². The minimum atomic E-state index is 0.339. The number of hydrogen-bond acceptors (Lipinski definition) is 3. The Morgan fingerprint density at radius 2 is 2.21 bits per heavy atom. The molecule has 0 aliphatic carbocycles. The fourth-order valence-electron chi connectivity index (χ4n) is 2.44. The highest BCUT2D eigenvalue weighted by atomic mass is 79.9. The molecule has 1 aliphatic rings. The summed E-state index contributed by atoms with van der Waals surface area (Å²) in [6, 6.07) is 8.63. The topological polar surface area (TPSA) is 25.4 Å². The summed E-state index contributed by atoms with van der Waals surface area (Å²) in [6.45, 7) is 2.39. The van der Waals surface area contributed by atoms with Gasteiger partial charge >= 0.3 is 0 Å². The number of pyridine rings is 1. The smallest absolute Gasteiger partial charge is 0.136 e. The summed E-state index contributed by atoms with van der Waals surface area (Å²) in [6.07, 6.45) is 1.88. The normalized spacial score (nSPS) is 19.9. The molecule has 0 saturated carbocycles. The summed E-state index contributed by atoms with van der Waals surface area (Å²) in [5, 5.41) is 3.27. The molecule has 1 fully saturated rings. The fraction of sp³-hybridized carbons (Fsp3) is 0.357. The number of benzene rings is 1. The van der Waals surface area contributed by atoms with Crippen LogP contribution in [0.3, 0.4) is 0 Å². The van der Waals surface area contributed by atoms with Crippen molar-refractivity contribution in [3.05, 3.63) is 34.9 Å². The second kappa shape index (κ2) is 5.77. The van der Waals surface area contributed by atoms with Crippen molar-refractivity contribution in [1.82, 2.24) is 4.98 Å². The van der Waals surface area contributed by atoms with Crippen molar-refractivity contribution < 1.29 is 4.74 Å². The van der Waals surface area contributed by atoms with Crippen molar-refractivity contribution in [2.45, 2.75) is 6.04 Å². The first-order valence-electron chi connectivity index (χ1n) is 6.25. The fourth-order valence-corrected chi connectivity index (χ4v) is 3.48. The minimum absolute atomic E-state index is 0.339. The van der Waals surface area contributed by atoms with Crippen LogP contribution in [-0.4, -0.2) is 36.1 Å². The number of halogens is 2. The molecule has 0 N–H and O–H groups in total. The number of anilines is 1. The van der Waals surface area contributed by atoms with Gasteiger partial charge in [0.05, 0.1) is 19.3 Å². The second-order valence-corrected chi connectivity index (χ2v) is 6.05. The van der Waals surface area contributed by atoms with E-state index in [1.807, 2.05) is 12.3 Å². The summed E-state index contributed by atoms with van der Waals surface area (Å²) < 4.78 is 6.66. The minimum Gasteiger partial charge on any atom is -0.377 e. The van der Waals surface area contributed by atoms with Gasteiger partial charge in [-0.3, -0.25) is 0 Å². The Labute approximate surface area is 129 Å². The Kier molecular flexibility index (Phi) is 4.05. The van der Waals surface area contributed by atoms with Crippen molar-refractivity contribution in [1.29, 1.82) is 0 Å². The van der Waals surface area contributed by atoms with Gasteiger partial charge in [0.2, 0.25) is 0 Å². The van der Waals surface area contributed by atoms with Crippen molar-refractivity contribution in [3.63, 3.8) is 0 Å². The van der Waals surface area contributed by atoms with Crippen molar-refractivity contribution >= 4 is 48.5 Å². The Balaban J connectivity index is 2.11. The zero-order valence-corrected chi connectivity index (χ0v) is 13.5. The SMILES string of the molecule is BrCC1COCCN1c1nccc2c(Br)cccc12. The summed E-state index contributed by atoms with van der Waals surface area (Å²) >= 11 is 7.18. The molecule has 0 amide bonds. The van der Waals surface area contributed by atoms with Gasteiger partial charge in [-0.15, -0.1) is 0 Å². The molecule has 0 spiro atoms. The maximum Gasteiger partial charge on any atom is 0.136 e. The van der Waals surface area contributed by atoms with Gasteiger partial charge in [-0.25, -0.2) is 4.98 Å². The molecular formula is C14H14Br2N2O. The largest absolute Gasteiger partial charge is 0.377 e. The lowest BCUT2D eigenvalue weighted by Gasteiger charge is -2.36. The number of morpholine rings is 1. The standard InChI is InChI=1S/C14H14Br2N2O/c15-8-10-9-19-7-6-18(10)14-12-2-1-3-13(16)11(12)4-5-17-14/h1-5,10H,6-9H2. The number of rotatable bonds is 2. The maximum absolute atomic E-state index is 5.55. The first-order chi connectivity index (χ1) is 9.31. The lowest BCUT2D eigenvalue weighted by molar-refractivity contribution is 0.100. The van der Waals surface area contributed by atoms with Gasteiger partial charge in [0.25, 0.3) is 0 Å². The lowest BCUT2D eigenvalue weighted by atomic mass is 10.1. The lowest BCUT2D eigenvalue weighted by Crippen LogP contribution is -2.47.